The van der Waals surface area contributed by atoms with Crippen molar-refractivity contribution in [2.75, 3.05) is 0 Å². The minimum absolute atomic E-state index is 0.295. The van der Waals surface area contributed by atoms with Crippen molar-refractivity contribution in [2.45, 2.75) is 6.10 Å². The van der Waals surface area contributed by atoms with Crippen LogP contribution in [0.4, 0.5) is 0 Å². The highest BCUT2D eigenvalue weighted by atomic mass is 79.9. The summed E-state index contributed by atoms with van der Waals surface area (Å²) in [6.45, 7) is 0. The summed E-state index contributed by atoms with van der Waals surface area (Å²) in [5.74, 6) is -1.28. The van der Waals surface area contributed by atoms with E-state index in [1.54, 1.807) is 0 Å². The fourth-order valence-electron chi connectivity index (χ4n) is 0.825. The Kier molecular flexibility index (Phi) is 3.30. The summed E-state index contributed by atoms with van der Waals surface area (Å²) >= 11 is 8.82. The number of aliphatic hydroxyl groups excluding tert-OH is 1. The van der Waals surface area contributed by atoms with Gasteiger partial charge in [-0.3, -0.25) is 0 Å². The molecule has 0 aliphatic carbocycles. The van der Waals surface area contributed by atoms with E-state index < -0.39 is 12.1 Å². The minimum atomic E-state index is -1.51. The Morgan fingerprint density at radius 3 is 2.62 bits per heavy atom. The molecular formula is C8H6BrClO3. The smallest absolute Gasteiger partial charge is 0.337 e. The molecule has 0 unspecified atom stereocenters. The average molecular weight is 265 g/mol. The van der Waals surface area contributed by atoms with Gasteiger partial charge in [0.25, 0.3) is 0 Å². The molecule has 2 N–H and O–H groups in total. The van der Waals surface area contributed by atoms with Crippen molar-refractivity contribution in [3.8, 4) is 0 Å². The molecule has 0 aromatic heterocycles. The zero-order chi connectivity index (χ0) is 10.0. The topological polar surface area (TPSA) is 57.5 Å². The maximum Gasteiger partial charge on any atom is 0.337 e. The van der Waals surface area contributed by atoms with Crippen molar-refractivity contribution < 1.29 is 15.0 Å². The molecule has 1 rings (SSSR count). The Hall–Kier alpha value is -0.580. The van der Waals surface area contributed by atoms with Crippen LogP contribution in [0.1, 0.15) is 11.7 Å². The number of carboxylic acid groups (broad SMARTS) is 1. The Bertz CT molecular complexity index is 340. The summed E-state index contributed by atoms with van der Waals surface area (Å²) in [7, 11) is 0. The summed E-state index contributed by atoms with van der Waals surface area (Å²) in [6, 6.07) is 4.46. The third-order valence-corrected chi connectivity index (χ3v) is 2.71. The second-order valence-corrected chi connectivity index (χ2v) is 3.68. The van der Waals surface area contributed by atoms with Crippen LogP contribution >= 0.6 is 27.5 Å². The molecule has 5 heteroatoms. The first-order valence-electron chi connectivity index (χ1n) is 3.38. The maximum absolute atomic E-state index is 10.4. The lowest BCUT2D eigenvalue weighted by Crippen LogP contribution is -2.10. The van der Waals surface area contributed by atoms with Gasteiger partial charge in [-0.1, -0.05) is 17.7 Å². The second kappa shape index (κ2) is 4.09. The molecule has 0 amide bonds. The van der Waals surface area contributed by atoms with E-state index in [4.69, 9.17) is 21.8 Å². The lowest BCUT2D eigenvalue weighted by Gasteiger charge is -2.06. The van der Waals surface area contributed by atoms with Crippen LogP contribution in [0, 0.1) is 0 Å². The zero-order valence-electron chi connectivity index (χ0n) is 6.37. The van der Waals surface area contributed by atoms with Gasteiger partial charge < -0.3 is 10.2 Å². The van der Waals surface area contributed by atoms with E-state index in [0.29, 0.717) is 15.1 Å². The molecule has 0 heterocycles. The Morgan fingerprint density at radius 1 is 1.54 bits per heavy atom. The molecule has 3 nitrogen and oxygen atoms in total. The van der Waals surface area contributed by atoms with Crippen molar-refractivity contribution in [3.05, 3.63) is 33.3 Å². The van der Waals surface area contributed by atoms with Gasteiger partial charge in [0, 0.05) is 4.47 Å². The van der Waals surface area contributed by atoms with Gasteiger partial charge in [0.1, 0.15) is 0 Å². The quantitative estimate of drug-likeness (QED) is 0.862. The van der Waals surface area contributed by atoms with Gasteiger partial charge in [-0.15, -0.1) is 0 Å². The third kappa shape index (κ3) is 2.43. The van der Waals surface area contributed by atoms with E-state index in [-0.39, 0.29) is 0 Å². The fourth-order valence-corrected chi connectivity index (χ4v) is 1.34. The Morgan fingerprint density at radius 2 is 2.15 bits per heavy atom. The standard InChI is InChI=1S/C8H6BrClO3/c9-5-3-4(1-2-6(5)10)7(11)8(12)13/h1-3,7,11H,(H,12,13)/t7-/m1/s1. The number of benzene rings is 1. The monoisotopic (exact) mass is 264 g/mol. The molecule has 0 saturated heterocycles. The number of hydrogen-bond donors (Lipinski definition) is 2. The number of aliphatic hydroxyl groups is 1. The Balaban J connectivity index is 3.03. The van der Waals surface area contributed by atoms with Crippen LogP contribution in [0.25, 0.3) is 0 Å². The molecule has 0 aliphatic heterocycles. The number of halogens is 2. The second-order valence-electron chi connectivity index (χ2n) is 2.41. The van der Waals surface area contributed by atoms with E-state index in [0.717, 1.165) is 0 Å². The number of rotatable bonds is 2. The molecule has 0 radical (unpaired) electrons. The van der Waals surface area contributed by atoms with Crippen molar-refractivity contribution in [1.29, 1.82) is 0 Å². The highest BCUT2D eigenvalue weighted by molar-refractivity contribution is 9.10. The SMILES string of the molecule is O=C(O)[C@H](O)c1ccc(Cl)c(Br)c1. The molecule has 70 valence electrons. The van der Waals surface area contributed by atoms with Gasteiger partial charge in [0.2, 0.25) is 0 Å². The zero-order valence-corrected chi connectivity index (χ0v) is 8.71. The third-order valence-electron chi connectivity index (χ3n) is 1.49. The number of carboxylic acids is 1. The molecule has 0 fully saturated rings. The largest absolute Gasteiger partial charge is 0.479 e. The van der Waals surface area contributed by atoms with E-state index in [1.165, 1.54) is 18.2 Å². The van der Waals surface area contributed by atoms with Crippen molar-refractivity contribution in [1.82, 2.24) is 0 Å². The van der Waals surface area contributed by atoms with Gasteiger partial charge in [-0.05, 0) is 33.6 Å². The summed E-state index contributed by atoms with van der Waals surface area (Å²) in [5.41, 5.74) is 0.295. The van der Waals surface area contributed by atoms with Gasteiger partial charge in [-0.2, -0.15) is 0 Å². The lowest BCUT2D eigenvalue weighted by atomic mass is 10.1. The summed E-state index contributed by atoms with van der Waals surface area (Å²) in [6.07, 6.45) is -1.51. The van der Waals surface area contributed by atoms with Crippen molar-refractivity contribution >= 4 is 33.5 Å². The molecule has 0 spiro atoms. The predicted molar refractivity (Wildman–Crippen MR) is 51.7 cm³/mol. The number of aliphatic carboxylic acids is 1. The fraction of sp³-hybridized carbons (Fsp3) is 0.125. The van der Waals surface area contributed by atoms with Crippen LogP contribution in [0.15, 0.2) is 22.7 Å². The van der Waals surface area contributed by atoms with Crippen LogP contribution in [-0.2, 0) is 4.79 Å². The summed E-state index contributed by atoms with van der Waals surface area (Å²) < 4.78 is 0.562. The van der Waals surface area contributed by atoms with Crippen LogP contribution in [0.3, 0.4) is 0 Å². The average Bonchev–Trinajstić information content (AvgIpc) is 2.08. The van der Waals surface area contributed by atoms with Crippen LogP contribution < -0.4 is 0 Å². The first-order chi connectivity index (χ1) is 6.02. The maximum atomic E-state index is 10.4. The van der Waals surface area contributed by atoms with Gasteiger partial charge in [0.05, 0.1) is 5.02 Å². The summed E-state index contributed by atoms with van der Waals surface area (Å²) in [4.78, 5) is 10.4. The number of hydrogen-bond acceptors (Lipinski definition) is 2. The molecular weight excluding hydrogens is 259 g/mol. The lowest BCUT2D eigenvalue weighted by molar-refractivity contribution is -0.146. The Labute approximate surface area is 88.1 Å². The normalized spacial score (nSPS) is 12.5. The van der Waals surface area contributed by atoms with Crippen LogP contribution in [0.5, 0.6) is 0 Å². The van der Waals surface area contributed by atoms with Crippen LogP contribution in [-0.4, -0.2) is 16.2 Å². The molecule has 0 bridgehead atoms. The van der Waals surface area contributed by atoms with Gasteiger partial charge in [-0.25, -0.2) is 4.79 Å². The van der Waals surface area contributed by atoms with E-state index in [1.807, 2.05) is 0 Å². The van der Waals surface area contributed by atoms with Crippen LogP contribution in [0.2, 0.25) is 5.02 Å². The number of carbonyl (C=O) groups is 1. The summed E-state index contributed by atoms with van der Waals surface area (Å²) in [5, 5.41) is 18.1. The van der Waals surface area contributed by atoms with Gasteiger partial charge >= 0.3 is 5.97 Å². The van der Waals surface area contributed by atoms with E-state index in [9.17, 15) is 4.79 Å². The molecule has 1 aromatic carbocycles. The first kappa shape index (κ1) is 10.5. The highest BCUT2D eigenvalue weighted by Gasteiger charge is 2.16. The predicted octanol–water partition coefficient (Wildman–Crippen LogP) is 2.22. The van der Waals surface area contributed by atoms with E-state index in [2.05, 4.69) is 15.9 Å². The molecule has 0 aliphatic rings. The molecule has 0 saturated carbocycles. The molecule has 1 aromatic rings. The minimum Gasteiger partial charge on any atom is -0.479 e. The first-order valence-corrected chi connectivity index (χ1v) is 4.55. The molecule has 1 atom stereocenters. The van der Waals surface area contributed by atoms with Crippen molar-refractivity contribution in [2.24, 2.45) is 0 Å². The van der Waals surface area contributed by atoms with Crippen molar-refractivity contribution in [3.63, 3.8) is 0 Å². The highest BCUT2D eigenvalue weighted by Crippen LogP contribution is 2.26. The van der Waals surface area contributed by atoms with E-state index >= 15 is 0 Å². The van der Waals surface area contributed by atoms with Gasteiger partial charge in [0.15, 0.2) is 6.10 Å². The molecule has 13 heavy (non-hydrogen) atoms.